The Bertz CT molecular complexity index is 138. The zero-order valence-electron chi connectivity index (χ0n) is 8.31. The number of likely N-dealkylation sites (tertiary alicyclic amines) is 1. The van der Waals surface area contributed by atoms with Gasteiger partial charge < -0.3 is 0 Å². The minimum Gasteiger partial charge on any atom is -0.298 e. The number of rotatable bonds is 2. The lowest BCUT2D eigenvalue weighted by Crippen LogP contribution is -2.54. The van der Waals surface area contributed by atoms with E-state index in [1.807, 2.05) is 0 Å². The Balaban J connectivity index is 1.95. The highest BCUT2D eigenvalue weighted by Gasteiger charge is 2.40. The van der Waals surface area contributed by atoms with E-state index >= 15 is 0 Å². The van der Waals surface area contributed by atoms with Crippen LogP contribution in [0.2, 0.25) is 0 Å². The molecule has 0 spiro atoms. The zero-order chi connectivity index (χ0) is 8.44. The van der Waals surface area contributed by atoms with Crippen LogP contribution in [0.15, 0.2) is 0 Å². The zero-order valence-corrected chi connectivity index (χ0v) is 8.31. The molecule has 0 aromatic heterocycles. The Hall–Kier alpha value is -0.0400. The van der Waals surface area contributed by atoms with Gasteiger partial charge >= 0.3 is 0 Å². The highest BCUT2D eigenvalue weighted by atomic mass is 15.2. The van der Waals surface area contributed by atoms with Crippen LogP contribution in [0.3, 0.4) is 0 Å². The SMILES string of the molecule is CCC1(N2CCCCC2)CCC1. The van der Waals surface area contributed by atoms with E-state index in [2.05, 4.69) is 11.8 Å². The van der Waals surface area contributed by atoms with Gasteiger partial charge in [-0.25, -0.2) is 0 Å². The van der Waals surface area contributed by atoms with Crippen molar-refractivity contribution in [2.24, 2.45) is 0 Å². The molecule has 0 aromatic carbocycles. The van der Waals surface area contributed by atoms with Crippen molar-refractivity contribution in [3.8, 4) is 0 Å². The van der Waals surface area contributed by atoms with Gasteiger partial charge in [-0.1, -0.05) is 13.3 Å². The van der Waals surface area contributed by atoms with E-state index in [4.69, 9.17) is 0 Å². The molecule has 0 amide bonds. The van der Waals surface area contributed by atoms with Gasteiger partial charge in [0.1, 0.15) is 0 Å². The summed E-state index contributed by atoms with van der Waals surface area (Å²) in [5.74, 6) is 0. The van der Waals surface area contributed by atoms with Gasteiger partial charge in [0.2, 0.25) is 0 Å². The molecule has 1 saturated carbocycles. The fraction of sp³-hybridized carbons (Fsp3) is 1.00. The predicted molar refractivity (Wildman–Crippen MR) is 52.3 cm³/mol. The van der Waals surface area contributed by atoms with Crippen LogP contribution >= 0.6 is 0 Å². The maximum atomic E-state index is 2.78. The lowest BCUT2D eigenvalue weighted by atomic mass is 9.73. The summed E-state index contributed by atoms with van der Waals surface area (Å²) in [5.41, 5.74) is 0.667. The third-order valence-corrected chi connectivity index (χ3v) is 3.97. The minimum absolute atomic E-state index is 0.667. The molecule has 0 aromatic rings. The molecule has 12 heavy (non-hydrogen) atoms. The van der Waals surface area contributed by atoms with Gasteiger partial charge in [0.15, 0.2) is 0 Å². The van der Waals surface area contributed by atoms with Crippen LogP contribution in [0.1, 0.15) is 51.9 Å². The van der Waals surface area contributed by atoms with Crippen molar-refractivity contribution in [1.82, 2.24) is 4.90 Å². The van der Waals surface area contributed by atoms with Gasteiger partial charge in [-0.15, -0.1) is 0 Å². The second-order valence-corrected chi connectivity index (χ2v) is 4.48. The van der Waals surface area contributed by atoms with Crippen molar-refractivity contribution < 1.29 is 0 Å². The topological polar surface area (TPSA) is 3.24 Å². The Morgan fingerprint density at radius 3 is 2.08 bits per heavy atom. The van der Waals surface area contributed by atoms with Gasteiger partial charge in [0, 0.05) is 5.54 Å². The third-order valence-electron chi connectivity index (χ3n) is 3.97. The Kier molecular flexibility index (Phi) is 2.40. The van der Waals surface area contributed by atoms with Crippen LogP contribution in [0.5, 0.6) is 0 Å². The molecule has 1 heterocycles. The van der Waals surface area contributed by atoms with Crippen LogP contribution in [0.25, 0.3) is 0 Å². The van der Waals surface area contributed by atoms with Crippen molar-refractivity contribution in [2.45, 2.75) is 57.4 Å². The molecule has 1 saturated heterocycles. The molecular weight excluding hydrogens is 146 g/mol. The molecule has 0 N–H and O–H groups in total. The molecule has 0 radical (unpaired) electrons. The first kappa shape index (κ1) is 8.55. The molecule has 0 unspecified atom stereocenters. The first-order valence-corrected chi connectivity index (χ1v) is 5.62. The third kappa shape index (κ3) is 1.28. The average molecular weight is 167 g/mol. The summed E-state index contributed by atoms with van der Waals surface area (Å²) < 4.78 is 0. The second-order valence-electron chi connectivity index (χ2n) is 4.48. The fourth-order valence-electron chi connectivity index (χ4n) is 2.85. The smallest absolute Gasteiger partial charge is 0.0207 e. The summed E-state index contributed by atoms with van der Waals surface area (Å²) in [6.07, 6.45) is 10.2. The van der Waals surface area contributed by atoms with E-state index in [-0.39, 0.29) is 0 Å². The van der Waals surface area contributed by atoms with E-state index in [0.717, 1.165) is 0 Å². The molecule has 2 fully saturated rings. The lowest BCUT2D eigenvalue weighted by Gasteiger charge is -2.51. The van der Waals surface area contributed by atoms with Gasteiger partial charge in [-0.3, -0.25) is 4.90 Å². The maximum absolute atomic E-state index is 2.78. The summed E-state index contributed by atoms with van der Waals surface area (Å²) in [7, 11) is 0. The van der Waals surface area contributed by atoms with Crippen LogP contribution in [-0.4, -0.2) is 23.5 Å². The van der Waals surface area contributed by atoms with Crippen LogP contribution < -0.4 is 0 Å². The van der Waals surface area contributed by atoms with E-state index in [9.17, 15) is 0 Å². The van der Waals surface area contributed by atoms with Gasteiger partial charge in [0.25, 0.3) is 0 Å². The first-order valence-electron chi connectivity index (χ1n) is 5.62. The molecule has 1 aliphatic heterocycles. The molecule has 1 aliphatic carbocycles. The second kappa shape index (κ2) is 3.37. The van der Waals surface area contributed by atoms with Gasteiger partial charge in [-0.2, -0.15) is 0 Å². The molecule has 70 valence electrons. The number of hydrogen-bond acceptors (Lipinski definition) is 1. The van der Waals surface area contributed by atoms with E-state index < -0.39 is 0 Å². The summed E-state index contributed by atoms with van der Waals surface area (Å²) in [5, 5.41) is 0. The molecule has 0 atom stereocenters. The monoisotopic (exact) mass is 167 g/mol. The minimum atomic E-state index is 0.667. The number of nitrogens with zero attached hydrogens (tertiary/aromatic N) is 1. The predicted octanol–water partition coefficient (Wildman–Crippen LogP) is 2.81. The van der Waals surface area contributed by atoms with Crippen LogP contribution in [0.4, 0.5) is 0 Å². The van der Waals surface area contributed by atoms with Crippen molar-refractivity contribution >= 4 is 0 Å². The van der Waals surface area contributed by atoms with Crippen LogP contribution in [-0.2, 0) is 0 Å². The standard InChI is InChI=1S/C11H21N/c1-2-11(7-6-8-11)12-9-4-3-5-10-12/h2-10H2,1H3. The molecule has 1 nitrogen and oxygen atoms in total. The van der Waals surface area contributed by atoms with Crippen LogP contribution in [0, 0.1) is 0 Å². The highest BCUT2D eigenvalue weighted by Crippen LogP contribution is 2.41. The highest BCUT2D eigenvalue weighted by molar-refractivity contribution is 4.97. The normalized spacial score (nSPS) is 29.8. The van der Waals surface area contributed by atoms with Crippen molar-refractivity contribution in [2.75, 3.05) is 13.1 Å². The first-order chi connectivity index (χ1) is 5.87. The Morgan fingerprint density at radius 1 is 1.00 bits per heavy atom. The number of hydrogen-bond donors (Lipinski definition) is 0. The molecule has 1 heteroatoms. The summed E-state index contributed by atoms with van der Waals surface area (Å²) in [4.78, 5) is 2.78. The van der Waals surface area contributed by atoms with Gasteiger partial charge in [0.05, 0.1) is 0 Å². The molecule has 2 aliphatic rings. The van der Waals surface area contributed by atoms with E-state index in [1.165, 1.54) is 58.0 Å². The molecule has 0 bridgehead atoms. The Labute approximate surface area is 76.1 Å². The number of piperidine rings is 1. The lowest BCUT2D eigenvalue weighted by molar-refractivity contribution is -0.00105. The summed E-state index contributed by atoms with van der Waals surface area (Å²) in [6, 6.07) is 0. The van der Waals surface area contributed by atoms with Crippen molar-refractivity contribution in [3.63, 3.8) is 0 Å². The fourth-order valence-corrected chi connectivity index (χ4v) is 2.85. The summed E-state index contributed by atoms with van der Waals surface area (Å²) >= 11 is 0. The maximum Gasteiger partial charge on any atom is 0.0207 e. The van der Waals surface area contributed by atoms with E-state index in [1.54, 1.807) is 0 Å². The molecular formula is C11H21N. The van der Waals surface area contributed by atoms with E-state index in [0.29, 0.717) is 5.54 Å². The summed E-state index contributed by atoms with van der Waals surface area (Å²) in [6.45, 7) is 5.13. The largest absolute Gasteiger partial charge is 0.298 e. The van der Waals surface area contributed by atoms with Gasteiger partial charge in [-0.05, 0) is 51.6 Å². The quantitative estimate of drug-likeness (QED) is 0.611. The Morgan fingerprint density at radius 2 is 1.67 bits per heavy atom. The average Bonchev–Trinajstić information content (AvgIpc) is 2.05. The molecule has 2 rings (SSSR count). The van der Waals surface area contributed by atoms with Crippen molar-refractivity contribution in [1.29, 1.82) is 0 Å². The van der Waals surface area contributed by atoms with Crippen molar-refractivity contribution in [3.05, 3.63) is 0 Å².